The molecule has 0 amide bonds. The molecule has 113 valence electrons. The summed E-state index contributed by atoms with van der Waals surface area (Å²) in [6.45, 7) is 11.5. The Bertz CT molecular complexity index is 878. The molecule has 0 spiro atoms. The number of hydrogen-bond acceptors (Lipinski definition) is 2. The molecule has 0 aliphatic heterocycles. The normalized spacial score (nSPS) is 10.1. The van der Waals surface area contributed by atoms with E-state index in [1.807, 2.05) is 30.3 Å². The van der Waals surface area contributed by atoms with Gasteiger partial charge in [-0.2, -0.15) is 5.26 Å². The van der Waals surface area contributed by atoms with Crippen molar-refractivity contribution in [3.63, 3.8) is 0 Å². The maximum Gasteiger partial charge on any atom is 0.0789 e. The van der Waals surface area contributed by atoms with Crippen molar-refractivity contribution in [3.05, 3.63) is 79.2 Å². The van der Waals surface area contributed by atoms with Crippen molar-refractivity contribution in [1.29, 1.82) is 5.26 Å². The molecule has 3 heteroatoms. The zero-order chi connectivity index (χ0) is 15.5. The van der Waals surface area contributed by atoms with Gasteiger partial charge < -0.3 is 4.98 Å². The SMILES string of the molecule is [CH]Cc1[c-]c(-c2nc(C[CH])cc3ccccc23)cc(C#N)c1.[Ir]. The number of rotatable bonds is 3. The first-order chi connectivity index (χ1) is 10.7. The molecule has 0 fully saturated rings. The predicted molar refractivity (Wildman–Crippen MR) is 86.7 cm³/mol. The van der Waals surface area contributed by atoms with Crippen LogP contribution < -0.4 is 0 Å². The second-order valence-corrected chi connectivity index (χ2v) is 5.01. The number of hydrogen-bond donors (Lipinski definition) is 0. The molecule has 0 N–H and O–H groups in total. The summed E-state index contributed by atoms with van der Waals surface area (Å²) in [5.74, 6) is 0. The number of benzene rings is 2. The Balaban J connectivity index is 0.00000192. The van der Waals surface area contributed by atoms with Gasteiger partial charge >= 0.3 is 0 Å². The van der Waals surface area contributed by atoms with Crippen LogP contribution in [0.15, 0.2) is 42.5 Å². The van der Waals surface area contributed by atoms with Gasteiger partial charge in [0.05, 0.1) is 6.07 Å². The average molecular weight is 474 g/mol. The number of aromatic nitrogens is 1. The summed E-state index contributed by atoms with van der Waals surface area (Å²) in [4.78, 5) is 4.63. The van der Waals surface area contributed by atoms with Crippen LogP contribution in [0.1, 0.15) is 16.8 Å². The first-order valence-electron chi connectivity index (χ1n) is 7.00. The quantitative estimate of drug-likeness (QED) is 0.538. The number of nitrogens with zero attached hydrogens (tertiary/aromatic N) is 2. The summed E-state index contributed by atoms with van der Waals surface area (Å²) >= 11 is 0. The molecule has 0 saturated heterocycles. The van der Waals surface area contributed by atoms with Gasteiger partial charge in [-0.05, 0) is 54.8 Å². The van der Waals surface area contributed by atoms with Gasteiger partial charge in [0.25, 0.3) is 0 Å². The van der Waals surface area contributed by atoms with Crippen LogP contribution >= 0.6 is 0 Å². The molecule has 3 rings (SSSR count). The van der Waals surface area contributed by atoms with Crippen molar-refractivity contribution in [2.75, 3.05) is 0 Å². The van der Waals surface area contributed by atoms with E-state index in [4.69, 9.17) is 13.8 Å². The second kappa shape index (κ2) is 7.51. The maximum absolute atomic E-state index is 9.20. The Morgan fingerprint density at radius 3 is 2.57 bits per heavy atom. The molecular formula is C20H13IrN2-. The topological polar surface area (TPSA) is 36.7 Å². The standard InChI is InChI=1S/C20H13N2.Ir/c1-3-14-9-15(13-21)11-17(10-14)20-19-8-6-5-7-16(19)12-18(4-2)22-20;/h1-2,5-9,11-12H,3-4H2;/q-1;. The predicted octanol–water partition coefficient (Wildman–Crippen LogP) is 4.08. The molecule has 0 bridgehead atoms. The number of fused-ring (bicyclic) bond motifs is 1. The molecule has 2 nitrogen and oxygen atoms in total. The van der Waals surface area contributed by atoms with Gasteiger partial charge in [-0.1, -0.05) is 24.3 Å². The number of nitriles is 1. The van der Waals surface area contributed by atoms with Crippen molar-refractivity contribution in [2.45, 2.75) is 12.8 Å². The Morgan fingerprint density at radius 2 is 1.87 bits per heavy atom. The third-order valence-electron chi connectivity index (χ3n) is 3.53. The molecule has 0 aliphatic carbocycles. The van der Waals surface area contributed by atoms with Crippen LogP contribution in [0.5, 0.6) is 0 Å². The van der Waals surface area contributed by atoms with E-state index in [0.717, 1.165) is 33.3 Å². The van der Waals surface area contributed by atoms with E-state index in [9.17, 15) is 5.26 Å². The minimum Gasteiger partial charge on any atom is -0.301 e. The van der Waals surface area contributed by atoms with Gasteiger partial charge in [-0.25, -0.2) is 0 Å². The fourth-order valence-electron chi connectivity index (χ4n) is 2.50. The second-order valence-electron chi connectivity index (χ2n) is 5.01. The zero-order valence-electron chi connectivity index (χ0n) is 12.3. The first-order valence-corrected chi connectivity index (χ1v) is 7.00. The van der Waals surface area contributed by atoms with Gasteiger partial charge in [0, 0.05) is 25.8 Å². The van der Waals surface area contributed by atoms with Crippen molar-refractivity contribution in [1.82, 2.24) is 4.98 Å². The fourth-order valence-corrected chi connectivity index (χ4v) is 2.50. The Kier molecular flexibility index (Phi) is 5.66. The van der Waals surface area contributed by atoms with E-state index in [0.29, 0.717) is 18.4 Å². The van der Waals surface area contributed by atoms with E-state index in [1.54, 1.807) is 12.1 Å². The summed E-state index contributed by atoms with van der Waals surface area (Å²) < 4.78 is 0. The van der Waals surface area contributed by atoms with E-state index < -0.39 is 0 Å². The van der Waals surface area contributed by atoms with E-state index in [2.05, 4.69) is 17.1 Å². The molecule has 2 aromatic carbocycles. The largest absolute Gasteiger partial charge is 0.301 e. The molecule has 0 saturated carbocycles. The van der Waals surface area contributed by atoms with Crippen molar-refractivity contribution in [2.24, 2.45) is 0 Å². The minimum absolute atomic E-state index is 0. The summed E-state index contributed by atoms with van der Waals surface area (Å²) in [6.07, 6.45) is 0.691. The third kappa shape index (κ3) is 3.50. The molecule has 23 heavy (non-hydrogen) atoms. The van der Waals surface area contributed by atoms with Crippen LogP contribution in [0.25, 0.3) is 22.0 Å². The van der Waals surface area contributed by atoms with Crippen molar-refractivity contribution in [3.8, 4) is 17.3 Å². The zero-order valence-corrected chi connectivity index (χ0v) is 14.7. The fraction of sp³-hybridized carbons (Fsp3) is 0.100. The Morgan fingerprint density at radius 1 is 1.09 bits per heavy atom. The van der Waals surface area contributed by atoms with Crippen molar-refractivity contribution >= 4 is 10.8 Å². The molecular weight excluding hydrogens is 460 g/mol. The Hall–Kier alpha value is -2.01. The molecule has 0 atom stereocenters. The van der Waals surface area contributed by atoms with Crippen LogP contribution in [0.3, 0.4) is 0 Å². The maximum atomic E-state index is 9.20. The minimum atomic E-state index is 0. The number of pyridine rings is 1. The van der Waals surface area contributed by atoms with Gasteiger partial charge in [0.15, 0.2) is 0 Å². The molecule has 3 aromatic rings. The van der Waals surface area contributed by atoms with Crippen LogP contribution in [0, 0.1) is 31.2 Å². The molecule has 1 heterocycles. The van der Waals surface area contributed by atoms with Gasteiger partial charge in [-0.15, -0.1) is 29.3 Å². The van der Waals surface area contributed by atoms with E-state index in [1.165, 1.54) is 0 Å². The Labute approximate surface area is 150 Å². The van der Waals surface area contributed by atoms with Crippen LogP contribution in [0.4, 0.5) is 0 Å². The van der Waals surface area contributed by atoms with E-state index in [-0.39, 0.29) is 20.1 Å². The summed E-state index contributed by atoms with van der Waals surface area (Å²) in [5, 5.41) is 11.3. The summed E-state index contributed by atoms with van der Waals surface area (Å²) in [5.41, 5.74) is 3.70. The van der Waals surface area contributed by atoms with Crippen LogP contribution in [-0.4, -0.2) is 4.98 Å². The van der Waals surface area contributed by atoms with Crippen LogP contribution in [0.2, 0.25) is 0 Å². The van der Waals surface area contributed by atoms with Crippen molar-refractivity contribution < 1.29 is 20.1 Å². The molecule has 1 aromatic heterocycles. The average Bonchev–Trinajstić information content (AvgIpc) is 2.60. The first kappa shape index (κ1) is 17.3. The molecule has 0 unspecified atom stereocenters. The molecule has 5 radical (unpaired) electrons. The summed E-state index contributed by atoms with van der Waals surface area (Å²) in [7, 11) is 0. The molecule has 0 aliphatic rings. The monoisotopic (exact) mass is 474 g/mol. The van der Waals surface area contributed by atoms with Gasteiger partial charge in [-0.3, -0.25) is 0 Å². The van der Waals surface area contributed by atoms with Gasteiger partial charge in [0.2, 0.25) is 0 Å². The summed E-state index contributed by atoms with van der Waals surface area (Å²) in [6, 6.07) is 18.9. The van der Waals surface area contributed by atoms with E-state index >= 15 is 0 Å². The van der Waals surface area contributed by atoms with Crippen LogP contribution in [-0.2, 0) is 32.9 Å². The van der Waals surface area contributed by atoms with Gasteiger partial charge in [0.1, 0.15) is 0 Å². The third-order valence-corrected chi connectivity index (χ3v) is 3.53. The smallest absolute Gasteiger partial charge is 0.0789 e.